The highest BCUT2D eigenvalue weighted by Crippen LogP contribution is 2.29. The first-order valence-corrected chi connectivity index (χ1v) is 6.17. The van der Waals surface area contributed by atoms with Gasteiger partial charge in [0.2, 0.25) is 0 Å². The molecule has 0 bridgehead atoms. The number of methoxy groups -OCH3 is 1. The lowest BCUT2D eigenvalue weighted by Crippen LogP contribution is -2.36. The van der Waals surface area contributed by atoms with Crippen molar-refractivity contribution in [2.45, 2.75) is 37.8 Å². The van der Waals surface area contributed by atoms with Crippen molar-refractivity contribution in [3.8, 4) is 5.75 Å². The first-order valence-electron chi connectivity index (χ1n) is 6.17. The third kappa shape index (κ3) is 2.99. The van der Waals surface area contributed by atoms with E-state index in [1.54, 1.807) is 7.11 Å². The van der Waals surface area contributed by atoms with Gasteiger partial charge in [-0.05, 0) is 43.9 Å². The van der Waals surface area contributed by atoms with E-state index in [0.717, 1.165) is 37.2 Å². The zero-order valence-corrected chi connectivity index (χ0v) is 10.6. The molecule has 94 valence electrons. The van der Waals surface area contributed by atoms with Gasteiger partial charge in [0, 0.05) is 12.1 Å². The number of ether oxygens (including phenoxy) is 2. The molecule has 0 aromatic heterocycles. The van der Waals surface area contributed by atoms with Crippen LogP contribution in [0, 0.1) is 0 Å². The minimum Gasteiger partial charge on any atom is -0.497 e. The van der Waals surface area contributed by atoms with E-state index in [2.05, 4.69) is 6.92 Å². The molecule has 1 aliphatic rings. The summed E-state index contributed by atoms with van der Waals surface area (Å²) in [6.07, 6.45) is 3.47. The van der Waals surface area contributed by atoms with E-state index in [-0.39, 0.29) is 5.54 Å². The molecule has 0 amide bonds. The molecule has 0 spiro atoms. The van der Waals surface area contributed by atoms with E-state index in [9.17, 15) is 0 Å². The van der Waals surface area contributed by atoms with Gasteiger partial charge in [-0.2, -0.15) is 0 Å². The van der Waals surface area contributed by atoms with Crippen molar-refractivity contribution in [3.63, 3.8) is 0 Å². The molecular formula is C14H21NO2. The monoisotopic (exact) mass is 235 g/mol. The van der Waals surface area contributed by atoms with Gasteiger partial charge in [-0.25, -0.2) is 0 Å². The van der Waals surface area contributed by atoms with Crippen molar-refractivity contribution < 1.29 is 9.47 Å². The molecule has 0 saturated carbocycles. The minimum absolute atomic E-state index is 0.312. The zero-order chi connectivity index (χ0) is 12.3. The maximum Gasteiger partial charge on any atom is 0.118 e. The lowest BCUT2D eigenvalue weighted by Gasteiger charge is -2.28. The van der Waals surface area contributed by atoms with Crippen LogP contribution in [0.15, 0.2) is 24.3 Å². The first kappa shape index (κ1) is 12.4. The Bertz CT molecular complexity index is 353. The van der Waals surface area contributed by atoms with Gasteiger partial charge in [0.1, 0.15) is 5.75 Å². The highest BCUT2D eigenvalue weighted by atomic mass is 16.5. The van der Waals surface area contributed by atoms with E-state index < -0.39 is 0 Å². The quantitative estimate of drug-likeness (QED) is 0.871. The average Bonchev–Trinajstić information content (AvgIpc) is 2.81. The van der Waals surface area contributed by atoms with Crippen LogP contribution in [-0.2, 0) is 10.3 Å². The second-order valence-electron chi connectivity index (χ2n) is 4.99. The summed E-state index contributed by atoms with van der Waals surface area (Å²) in [5, 5.41) is 0. The van der Waals surface area contributed by atoms with Crippen molar-refractivity contribution in [1.82, 2.24) is 0 Å². The van der Waals surface area contributed by atoms with Crippen LogP contribution < -0.4 is 10.5 Å². The van der Waals surface area contributed by atoms with E-state index in [1.807, 2.05) is 24.3 Å². The van der Waals surface area contributed by atoms with Gasteiger partial charge in [-0.3, -0.25) is 0 Å². The maximum atomic E-state index is 6.39. The minimum atomic E-state index is -0.332. The van der Waals surface area contributed by atoms with E-state index in [0.29, 0.717) is 6.10 Å². The van der Waals surface area contributed by atoms with Crippen LogP contribution in [0.25, 0.3) is 0 Å². The fourth-order valence-electron chi connectivity index (χ4n) is 2.37. The predicted molar refractivity (Wildman–Crippen MR) is 68.1 cm³/mol. The van der Waals surface area contributed by atoms with Crippen molar-refractivity contribution in [1.29, 1.82) is 0 Å². The molecule has 2 atom stereocenters. The van der Waals surface area contributed by atoms with Crippen molar-refractivity contribution in [2.24, 2.45) is 5.73 Å². The highest BCUT2D eigenvalue weighted by molar-refractivity contribution is 5.31. The maximum absolute atomic E-state index is 6.39. The third-order valence-corrected chi connectivity index (χ3v) is 3.43. The SMILES string of the molecule is COc1ccc(C(C)(N)CC2CCCO2)cc1. The van der Waals surface area contributed by atoms with Gasteiger partial charge < -0.3 is 15.2 Å². The Hall–Kier alpha value is -1.06. The summed E-state index contributed by atoms with van der Waals surface area (Å²) >= 11 is 0. The van der Waals surface area contributed by atoms with Crippen LogP contribution >= 0.6 is 0 Å². The van der Waals surface area contributed by atoms with Crippen LogP contribution in [0.5, 0.6) is 5.75 Å². The van der Waals surface area contributed by atoms with Gasteiger partial charge in [0.25, 0.3) is 0 Å². The molecule has 1 aromatic rings. The van der Waals surface area contributed by atoms with E-state index in [4.69, 9.17) is 15.2 Å². The van der Waals surface area contributed by atoms with Crippen molar-refractivity contribution in [3.05, 3.63) is 29.8 Å². The molecule has 2 unspecified atom stereocenters. The molecule has 1 saturated heterocycles. The van der Waals surface area contributed by atoms with E-state index >= 15 is 0 Å². The smallest absolute Gasteiger partial charge is 0.118 e. The van der Waals surface area contributed by atoms with Crippen molar-refractivity contribution in [2.75, 3.05) is 13.7 Å². The fourth-order valence-corrected chi connectivity index (χ4v) is 2.37. The van der Waals surface area contributed by atoms with Crippen LogP contribution in [0.4, 0.5) is 0 Å². The lowest BCUT2D eigenvalue weighted by molar-refractivity contribution is 0.0856. The molecule has 1 aliphatic heterocycles. The van der Waals surface area contributed by atoms with Gasteiger partial charge >= 0.3 is 0 Å². The van der Waals surface area contributed by atoms with Crippen molar-refractivity contribution >= 4 is 0 Å². The van der Waals surface area contributed by atoms with Crippen LogP contribution in [-0.4, -0.2) is 19.8 Å². The summed E-state index contributed by atoms with van der Waals surface area (Å²) in [5.41, 5.74) is 7.19. The molecule has 0 radical (unpaired) electrons. The number of hydrogen-bond donors (Lipinski definition) is 1. The normalized spacial score (nSPS) is 23.4. The standard InChI is InChI=1S/C14H21NO2/c1-14(15,10-13-4-3-9-17-13)11-5-7-12(16-2)8-6-11/h5-8,13H,3-4,9-10,15H2,1-2H3. The Morgan fingerprint density at radius 2 is 2.12 bits per heavy atom. The second kappa shape index (κ2) is 5.07. The summed E-state index contributed by atoms with van der Waals surface area (Å²) in [6.45, 7) is 2.94. The molecule has 2 rings (SSSR count). The third-order valence-electron chi connectivity index (χ3n) is 3.43. The summed E-state index contributed by atoms with van der Waals surface area (Å²) in [5.74, 6) is 0.863. The first-order chi connectivity index (χ1) is 8.12. The van der Waals surface area contributed by atoms with Gasteiger partial charge in [-0.1, -0.05) is 12.1 Å². The molecule has 1 heterocycles. The molecular weight excluding hydrogens is 214 g/mol. The van der Waals surface area contributed by atoms with Crippen LogP contribution in [0.3, 0.4) is 0 Å². The Balaban J connectivity index is 2.06. The van der Waals surface area contributed by atoms with Gasteiger partial charge in [0.05, 0.1) is 13.2 Å². The molecule has 3 nitrogen and oxygen atoms in total. The van der Waals surface area contributed by atoms with Gasteiger partial charge in [0.15, 0.2) is 0 Å². The fraction of sp³-hybridized carbons (Fsp3) is 0.571. The Labute approximate surface area is 103 Å². The number of nitrogens with two attached hydrogens (primary N) is 1. The molecule has 17 heavy (non-hydrogen) atoms. The Morgan fingerprint density at radius 3 is 2.65 bits per heavy atom. The molecule has 2 N–H and O–H groups in total. The molecule has 0 aliphatic carbocycles. The summed E-state index contributed by atoms with van der Waals surface area (Å²) in [6, 6.07) is 7.98. The van der Waals surface area contributed by atoms with Gasteiger partial charge in [-0.15, -0.1) is 0 Å². The largest absolute Gasteiger partial charge is 0.497 e. The van der Waals surface area contributed by atoms with E-state index in [1.165, 1.54) is 0 Å². The Kier molecular flexibility index (Phi) is 3.69. The predicted octanol–water partition coefficient (Wildman–Crippen LogP) is 2.44. The highest BCUT2D eigenvalue weighted by Gasteiger charge is 2.28. The second-order valence-corrected chi connectivity index (χ2v) is 4.99. The summed E-state index contributed by atoms with van der Waals surface area (Å²) in [4.78, 5) is 0. The lowest BCUT2D eigenvalue weighted by atomic mass is 9.87. The summed E-state index contributed by atoms with van der Waals surface area (Å²) in [7, 11) is 1.67. The number of rotatable bonds is 4. The molecule has 3 heteroatoms. The molecule has 1 fully saturated rings. The zero-order valence-electron chi connectivity index (χ0n) is 10.6. The van der Waals surface area contributed by atoms with Crippen LogP contribution in [0.1, 0.15) is 31.7 Å². The average molecular weight is 235 g/mol. The topological polar surface area (TPSA) is 44.5 Å². The van der Waals surface area contributed by atoms with Crippen LogP contribution in [0.2, 0.25) is 0 Å². The Morgan fingerprint density at radius 1 is 1.41 bits per heavy atom. The number of benzene rings is 1. The number of hydrogen-bond acceptors (Lipinski definition) is 3. The summed E-state index contributed by atoms with van der Waals surface area (Å²) < 4.78 is 10.8. The molecule has 1 aromatic carbocycles.